The van der Waals surface area contributed by atoms with Crippen LogP contribution in [0.15, 0.2) is 48.5 Å². The van der Waals surface area contributed by atoms with Crippen LogP contribution in [0.1, 0.15) is 22.3 Å². The molecule has 2 aromatic carbocycles. The predicted octanol–water partition coefficient (Wildman–Crippen LogP) is 3.28. The maximum atomic E-state index is 9.41. The quantitative estimate of drug-likeness (QED) is 0.739. The second-order valence-corrected chi connectivity index (χ2v) is 5.96. The number of hydrogen-bond acceptors (Lipinski definition) is 5. The SMILES string of the molecule is COc1ccc(Cn2nc(OCc3cccc(C)c3)c(C#N)c2N)cc1. The fourth-order valence-corrected chi connectivity index (χ4v) is 2.64. The highest BCUT2D eigenvalue weighted by Gasteiger charge is 2.17. The maximum Gasteiger partial charge on any atom is 0.253 e. The van der Waals surface area contributed by atoms with Crippen molar-refractivity contribution in [2.75, 3.05) is 12.8 Å². The molecular formula is C20H20N4O2. The Morgan fingerprint density at radius 3 is 2.58 bits per heavy atom. The van der Waals surface area contributed by atoms with Crippen LogP contribution in [0.4, 0.5) is 5.82 Å². The highest BCUT2D eigenvalue weighted by atomic mass is 16.5. The van der Waals surface area contributed by atoms with Crippen molar-refractivity contribution < 1.29 is 9.47 Å². The first-order valence-corrected chi connectivity index (χ1v) is 8.18. The van der Waals surface area contributed by atoms with Crippen molar-refractivity contribution in [1.82, 2.24) is 9.78 Å². The van der Waals surface area contributed by atoms with Crippen LogP contribution in [-0.4, -0.2) is 16.9 Å². The van der Waals surface area contributed by atoms with Gasteiger partial charge in [-0.1, -0.05) is 42.0 Å². The molecule has 0 fully saturated rings. The number of hydrogen-bond donors (Lipinski definition) is 1. The highest BCUT2D eigenvalue weighted by molar-refractivity contribution is 5.55. The average molecular weight is 348 g/mol. The molecule has 0 saturated heterocycles. The average Bonchev–Trinajstić information content (AvgIpc) is 2.95. The van der Waals surface area contributed by atoms with Crippen molar-refractivity contribution in [3.8, 4) is 17.7 Å². The molecule has 3 aromatic rings. The molecule has 3 rings (SSSR count). The second kappa shape index (κ2) is 7.62. The van der Waals surface area contributed by atoms with Gasteiger partial charge in [0.2, 0.25) is 0 Å². The van der Waals surface area contributed by atoms with Crippen molar-refractivity contribution in [1.29, 1.82) is 5.26 Å². The van der Waals surface area contributed by atoms with Gasteiger partial charge in [0.05, 0.1) is 13.7 Å². The van der Waals surface area contributed by atoms with Gasteiger partial charge in [-0.15, -0.1) is 5.10 Å². The molecule has 132 valence electrons. The van der Waals surface area contributed by atoms with Crippen LogP contribution in [0.2, 0.25) is 0 Å². The van der Waals surface area contributed by atoms with Crippen molar-refractivity contribution >= 4 is 5.82 Å². The molecule has 6 nitrogen and oxygen atoms in total. The number of nitriles is 1. The van der Waals surface area contributed by atoms with Gasteiger partial charge >= 0.3 is 0 Å². The Kier molecular flexibility index (Phi) is 5.09. The summed E-state index contributed by atoms with van der Waals surface area (Å²) in [6.07, 6.45) is 0. The third-order valence-corrected chi connectivity index (χ3v) is 4.02. The van der Waals surface area contributed by atoms with E-state index in [-0.39, 0.29) is 11.4 Å². The molecule has 0 unspecified atom stereocenters. The van der Waals surface area contributed by atoms with Crippen LogP contribution in [0.25, 0.3) is 0 Å². The summed E-state index contributed by atoms with van der Waals surface area (Å²) in [5.74, 6) is 1.32. The first-order chi connectivity index (χ1) is 12.6. The molecule has 0 bridgehead atoms. The Balaban J connectivity index is 1.78. The van der Waals surface area contributed by atoms with E-state index >= 15 is 0 Å². The molecular weight excluding hydrogens is 328 g/mol. The number of nitrogens with zero attached hydrogens (tertiary/aromatic N) is 3. The van der Waals surface area contributed by atoms with Gasteiger partial charge in [-0.2, -0.15) is 5.26 Å². The Morgan fingerprint density at radius 2 is 1.92 bits per heavy atom. The van der Waals surface area contributed by atoms with Gasteiger partial charge in [-0.05, 0) is 30.2 Å². The van der Waals surface area contributed by atoms with Gasteiger partial charge < -0.3 is 15.2 Å². The summed E-state index contributed by atoms with van der Waals surface area (Å²) < 4.78 is 12.5. The van der Waals surface area contributed by atoms with E-state index in [0.29, 0.717) is 19.0 Å². The van der Waals surface area contributed by atoms with E-state index in [0.717, 1.165) is 22.4 Å². The molecule has 6 heteroatoms. The summed E-state index contributed by atoms with van der Waals surface area (Å²) in [6, 6.07) is 17.7. The number of benzene rings is 2. The molecule has 0 spiro atoms. The van der Waals surface area contributed by atoms with Crippen molar-refractivity contribution in [2.24, 2.45) is 0 Å². The number of methoxy groups -OCH3 is 1. The van der Waals surface area contributed by atoms with Gasteiger partial charge in [0.15, 0.2) is 5.56 Å². The summed E-state index contributed by atoms with van der Waals surface area (Å²) in [6.45, 7) is 2.79. The Labute approximate surface area is 152 Å². The molecule has 0 atom stereocenters. The van der Waals surface area contributed by atoms with E-state index in [1.165, 1.54) is 0 Å². The zero-order valence-electron chi connectivity index (χ0n) is 14.8. The van der Waals surface area contributed by atoms with Crippen LogP contribution in [0, 0.1) is 18.3 Å². The Bertz CT molecular complexity index is 939. The van der Waals surface area contributed by atoms with E-state index in [1.54, 1.807) is 11.8 Å². The van der Waals surface area contributed by atoms with Crippen LogP contribution in [0.5, 0.6) is 11.6 Å². The van der Waals surface area contributed by atoms with Gasteiger partial charge in [-0.25, -0.2) is 4.68 Å². The fourth-order valence-electron chi connectivity index (χ4n) is 2.64. The lowest BCUT2D eigenvalue weighted by Gasteiger charge is -2.05. The van der Waals surface area contributed by atoms with Crippen molar-refractivity contribution in [2.45, 2.75) is 20.1 Å². The molecule has 0 aliphatic rings. The number of rotatable bonds is 6. The van der Waals surface area contributed by atoms with Crippen LogP contribution < -0.4 is 15.2 Å². The lowest BCUT2D eigenvalue weighted by atomic mass is 10.1. The normalized spacial score (nSPS) is 10.3. The van der Waals surface area contributed by atoms with Gasteiger partial charge in [0.1, 0.15) is 24.2 Å². The zero-order chi connectivity index (χ0) is 18.5. The predicted molar refractivity (Wildman–Crippen MR) is 99.0 cm³/mol. The first kappa shape index (κ1) is 17.4. The molecule has 0 saturated carbocycles. The Hall–Kier alpha value is -3.46. The molecule has 1 aromatic heterocycles. The zero-order valence-corrected chi connectivity index (χ0v) is 14.8. The number of aryl methyl sites for hydroxylation is 1. The van der Waals surface area contributed by atoms with Crippen LogP contribution in [0.3, 0.4) is 0 Å². The minimum absolute atomic E-state index is 0.250. The van der Waals surface area contributed by atoms with E-state index < -0.39 is 0 Å². The smallest absolute Gasteiger partial charge is 0.253 e. The van der Waals surface area contributed by atoms with E-state index in [9.17, 15) is 5.26 Å². The first-order valence-electron chi connectivity index (χ1n) is 8.18. The standard InChI is InChI=1S/C20H20N4O2/c1-14-4-3-5-16(10-14)13-26-20-18(11-21)19(22)24(23-20)12-15-6-8-17(25-2)9-7-15/h3-10H,12-13,22H2,1-2H3. The molecule has 26 heavy (non-hydrogen) atoms. The largest absolute Gasteiger partial charge is 0.497 e. The summed E-state index contributed by atoms with van der Waals surface area (Å²) >= 11 is 0. The summed E-state index contributed by atoms with van der Waals surface area (Å²) in [4.78, 5) is 0. The minimum atomic E-state index is 0.250. The minimum Gasteiger partial charge on any atom is -0.497 e. The number of aromatic nitrogens is 2. The third kappa shape index (κ3) is 3.78. The number of anilines is 1. The molecule has 0 aliphatic carbocycles. The lowest BCUT2D eigenvalue weighted by molar-refractivity contribution is 0.289. The summed E-state index contributed by atoms with van der Waals surface area (Å²) in [5, 5.41) is 13.8. The van der Waals surface area contributed by atoms with E-state index in [4.69, 9.17) is 15.2 Å². The van der Waals surface area contributed by atoms with E-state index in [2.05, 4.69) is 11.2 Å². The molecule has 0 radical (unpaired) electrons. The Morgan fingerprint density at radius 1 is 1.15 bits per heavy atom. The van der Waals surface area contributed by atoms with Gasteiger partial charge in [0.25, 0.3) is 5.88 Å². The van der Waals surface area contributed by atoms with Crippen molar-refractivity contribution in [3.63, 3.8) is 0 Å². The van der Waals surface area contributed by atoms with Crippen LogP contribution in [-0.2, 0) is 13.2 Å². The molecule has 0 aliphatic heterocycles. The molecule has 2 N–H and O–H groups in total. The topological polar surface area (TPSA) is 86.1 Å². The molecule has 0 amide bonds. The van der Waals surface area contributed by atoms with E-state index in [1.807, 2.05) is 55.5 Å². The molecule has 1 heterocycles. The van der Waals surface area contributed by atoms with Gasteiger partial charge in [-0.3, -0.25) is 0 Å². The van der Waals surface area contributed by atoms with Gasteiger partial charge in [0, 0.05) is 0 Å². The maximum absolute atomic E-state index is 9.41. The second-order valence-electron chi connectivity index (χ2n) is 5.96. The van der Waals surface area contributed by atoms with Crippen molar-refractivity contribution in [3.05, 3.63) is 70.8 Å². The monoisotopic (exact) mass is 348 g/mol. The highest BCUT2D eigenvalue weighted by Crippen LogP contribution is 2.25. The number of nitrogens with two attached hydrogens (primary N) is 1. The summed E-state index contributed by atoms with van der Waals surface area (Å²) in [5.41, 5.74) is 9.50. The number of nitrogen functional groups attached to an aromatic ring is 1. The number of ether oxygens (including phenoxy) is 2. The fraction of sp³-hybridized carbons (Fsp3) is 0.200. The third-order valence-electron chi connectivity index (χ3n) is 4.02. The lowest BCUT2D eigenvalue weighted by Crippen LogP contribution is -2.06. The van der Waals surface area contributed by atoms with Crippen LogP contribution >= 0.6 is 0 Å². The summed E-state index contributed by atoms with van der Waals surface area (Å²) in [7, 11) is 1.62.